The highest BCUT2D eigenvalue weighted by Crippen LogP contribution is 2.27. The summed E-state index contributed by atoms with van der Waals surface area (Å²) in [6, 6.07) is 6.02. The molecule has 1 aromatic heterocycles. The minimum Gasteiger partial charge on any atom is -0.361 e. The highest BCUT2D eigenvalue weighted by molar-refractivity contribution is 7.22. The summed E-state index contributed by atoms with van der Waals surface area (Å²) in [5.74, 6) is 0.277. The Bertz CT molecular complexity index is 799. The van der Waals surface area contributed by atoms with E-state index < -0.39 is 0 Å². The summed E-state index contributed by atoms with van der Waals surface area (Å²) in [6.45, 7) is 2.49. The number of benzene rings is 1. The second kappa shape index (κ2) is 7.00. The smallest absolute Gasteiger partial charge is 0.251 e. The lowest BCUT2D eigenvalue weighted by molar-refractivity contribution is -0.127. The highest BCUT2D eigenvalue weighted by atomic mass is 32.1. The number of hydrogen-bond donors (Lipinski definition) is 2. The van der Waals surface area contributed by atoms with Gasteiger partial charge in [0.15, 0.2) is 5.13 Å². The van der Waals surface area contributed by atoms with E-state index in [1.165, 1.54) is 0 Å². The van der Waals surface area contributed by atoms with Gasteiger partial charge in [-0.3, -0.25) is 9.59 Å². The van der Waals surface area contributed by atoms with Crippen LogP contribution in [-0.4, -0.2) is 47.4 Å². The molecule has 1 saturated heterocycles. The van der Waals surface area contributed by atoms with Gasteiger partial charge in [0.25, 0.3) is 5.91 Å². The Balaban J connectivity index is 1.32. The maximum absolute atomic E-state index is 12.1. The molecule has 6 nitrogen and oxygen atoms in total. The number of thiazole rings is 1. The van der Waals surface area contributed by atoms with Crippen LogP contribution in [0, 0.1) is 0 Å². The molecule has 4 rings (SSSR count). The number of fused-ring (bicyclic) bond motifs is 1. The van der Waals surface area contributed by atoms with E-state index in [1.807, 2.05) is 23.1 Å². The van der Waals surface area contributed by atoms with E-state index in [1.54, 1.807) is 11.3 Å². The molecule has 2 heterocycles. The van der Waals surface area contributed by atoms with E-state index in [9.17, 15) is 9.59 Å². The van der Waals surface area contributed by atoms with Gasteiger partial charge in [0.1, 0.15) is 0 Å². The molecule has 0 spiro atoms. The van der Waals surface area contributed by atoms with E-state index in [0.717, 1.165) is 60.7 Å². The molecule has 1 aliphatic heterocycles. The van der Waals surface area contributed by atoms with Crippen molar-refractivity contribution in [3.8, 4) is 0 Å². The second-order valence-electron chi connectivity index (χ2n) is 6.71. The molecule has 1 aliphatic carbocycles. The van der Waals surface area contributed by atoms with Crippen molar-refractivity contribution in [3.63, 3.8) is 0 Å². The van der Waals surface area contributed by atoms with Crippen LogP contribution < -0.4 is 10.6 Å². The molecule has 0 atom stereocenters. The first-order valence-electron chi connectivity index (χ1n) is 8.92. The average molecular weight is 358 g/mol. The second-order valence-corrected chi connectivity index (χ2v) is 7.74. The van der Waals surface area contributed by atoms with Gasteiger partial charge in [-0.25, -0.2) is 4.98 Å². The van der Waals surface area contributed by atoms with Crippen molar-refractivity contribution < 1.29 is 9.59 Å². The van der Waals surface area contributed by atoms with E-state index >= 15 is 0 Å². The fourth-order valence-corrected chi connectivity index (χ4v) is 3.97. The number of amides is 2. The van der Waals surface area contributed by atoms with Crippen LogP contribution in [0.25, 0.3) is 10.2 Å². The summed E-state index contributed by atoms with van der Waals surface area (Å²) in [7, 11) is 0. The number of nitrogens with one attached hydrogen (secondary N) is 2. The molecule has 2 N–H and O–H groups in total. The maximum atomic E-state index is 12.1. The Morgan fingerprint density at radius 2 is 2.24 bits per heavy atom. The first-order chi connectivity index (χ1) is 12.2. The van der Waals surface area contributed by atoms with Crippen molar-refractivity contribution in [1.29, 1.82) is 0 Å². The monoisotopic (exact) mass is 358 g/mol. The van der Waals surface area contributed by atoms with Crippen LogP contribution in [0.1, 0.15) is 42.5 Å². The number of likely N-dealkylation sites (tertiary alicyclic amines) is 1. The minimum atomic E-state index is 0.00240. The van der Waals surface area contributed by atoms with Gasteiger partial charge in [-0.15, -0.1) is 0 Å². The Morgan fingerprint density at radius 3 is 3.00 bits per heavy atom. The summed E-state index contributed by atoms with van der Waals surface area (Å²) in [4.78, 5) is 30.2. The van der Waals surface area contributed by atoms with Crippen molar-refractivity contribution >= 4 is 38.5 Å². The predicted octanol–water partition coefficient (Wildman–Crippen LogP) is 2.61. The third kappa shape index (κ3) is 3.92. The number of anilines is 1. The molecule has 0 bridgehead atoms. The zero-order valence-electron chi connectivity index (χ0n) is 14.1. The summed E-state index contributed by atoms with van der Waals surface area (Å²) >= 11 is 1.56. The SMILES string of the molecule is O=C(NC1CC1)c1ccc2nc(NCCCN3CCCC3=O)sc2c1. The largest absolute Gasteiger partial charge is 0.361 e. The molecule has 0 radical (unpaired) electrons. The molecule has 1 saturated carbocycles. The summed E-state index contributed by atoms with van der Waals surface area (Å²) < 4.78 is 1.01. The van der Waals surface area contributed by atoms with Gasteiger partial charge in [-0.2, -0.15) is 0 Å². The highest BCUT2D eigenvalue weighted by Gasteiger charge is 2.24. The Morgan fingerprint density at radius 1 is 1.36 bits per heavy atom. The lowest BCUT2D eigenvalue weighted by atomic mass is 10.2. The van der Waals surface area contributed by atoms with E-state index in [-0.39, 0.29) is 11.8 Å². The van der Waals surface area contributed by atoms with Crippen molar-refractivity contribution in [1.82, 2.24) is 15.2 Å². The topological polar surface area (TPSA) is 74.3 Å². The average Bonchev–Trinajstić information content (AvgIpc) is 3.17. The standard InChI is InChI=1S/C18H22N4O2S/c23-16-3-1-9-22(16)10-2-8-19-18-21-14-7-4-12(11-15(14)25-18)17(24)20-13-5-6-13/h4,7,11,13H,1-3,5-6,8-10H2,(H,19,21)(H,20,24). The number of carbonyl (C=O) groups is 2. The van der Waals surface area contributed by atoms with Crippen molar-refractivity contribution in [2.24, 2.45) is 0 Å². The number of hydrogen-bond acceptors (Lipinski definition) is 5. The molecule has 132 valence electrons. The lowest BCUT2D eigenvalue weighted by Gasteiger charge is -2.14. The van der Waals surface area contributed by atoms with Crippen LogP contribution in [-0.2, 0) is 4.79 Å². The zero-order valence-corrected chi connectivity index (χ0v) is 14.9. The van der Waals surface area contributed by atoms with Crippen LogP contribution in [0.15, 0.2) is 18.2 Å². The van der Waals surface area contributed by atoms with E-state index in [0.29, 0.717) is 18.0 Å². The van der Waals surface area contributed by atoms with Gasteiger partial charge in [-0.1, -0.05) is 11.3 Å². The molecule has 2 aliphatic rings. The lowest BCUT2D eigenvalue weighted by Crippen LogP contribution is -2.26. The van der Waals surface area contributed by atoms with Crippen molar-refractivity contribution in [3.05, 3.63) is 23.8 Å². The minimum absolute atomic E-state index is 0.00240. The maximum Gasteiger partial charge on any atom is 0.251 e. The molecule has 2 fully saturated rings. The van der Waals surface area contributed by atoms with Crippen molar-refractivity contribution in [2.75, 3.05) is 25.0 Å². The van der Waals surface area contributed by atoms with Crippen LogP contribution in [0.2, 0.25) is 0 Å². The van der Waals surface area contributed by atoms with Crippen LogP contribution in [0.5, 0.6) is 0 Å². The first kappa shape index (κ1) is 16.3. The van der Waals surface area contributed by atoms with Gasteiger partial charge in [0, 0.05) is 37.7 Å². The van der Waals surface area contributed by atoms with Crippen LogP contribution in [0.4, 0.5) is 5.13 Å². The number of carbonyl (C=O) groups excluding carboxylic acids is 2. The number of nitrogens with zero attached hydrogens (tertiary/aromatic N) is 2. The van der Waals surface area contributed by atoms with Gasteiger partial charge in [0.2, 0.25) is 5.91 Å². The fourth-order valence-electron chi connectivity index (χ4n) is 3.04. The quantitative estimate of drug-likeness (QED) is 0.746. The van der Waals surface area contributed by atoms with Crippen molar-refractivity contribution in [2.45, 2.75) is 38.1 Å². The van der Waals surface area contributed by atoms with E-state index in [2.05, 4.69) is 15.6 Å². The Labute approximate surface area is 150 Å². The Kier molecular flexibility index (Phi) is 4.57. The van der Waals surface area contributed by atoms with E-state index in [4.69, 9.17) is 0 Å². The van der Waals surface area contributed by atoms with Gasteiger partial charge in [0.05, 0.1) is 10.2 Å². The molecular weight excluding hydrogens is 336 g/mol. The number of rotatable bonds is 7. The molecule has 2 aromatic rings. The summed E-state index contributed by atoms with van der Waals surface area (Å²) in [5.41, 5.74) is 1.60. The van der Waals surface area contributed by atoms with Crippen LogP contribution >= 0.6 is 11.3 Å². The molecule has 25 heavy (non-hydrogen) atoms. The summed E-state index contributed by atoms with van der Waals surface area (Å²) in [5, 5.41) is 7.21. The number of aromatic nitrogens is 1. The van der Waals surface area contributed by atoms with Gasteiger partial charge in [-0.05, 0) is 43.9 Å². The first-order valence-corrected chi connectivity index (χ1v) is 9.74. The molecule has 1 aromatic carbocycles. The molecule has 0 unspecified atom stereocenters. The molecule has 2 amide bonds. The fraction of sp³-hybridized carbons (Fsp3) is 0.500. The summed E-state index contributed by atoms with van der Waals surface area (Å²) in [6.07, 6.45) is 4.77. The Hall–Kier alpha value is -2.15. The normalized spacial score (nSPS) is 17.3. The van der Waals surface area contributed by atoms with Crippen LogP contribution in [0.3, 0.4) is 0 Å². The third-order valence-corrected chi connectivity index (χ3v) is 5.59. The van der Waals surface area contributed by atoms with Gasteiger partial charge < -0.3 is 15.5 Å². The molecular formula is C18H22N4O2S. The zero-order chi connectivity index (χ0) is 17.2. The molecule has 7 heteroatoms. The third-order valence-electron chi connectivity index (χ3n) is 4.62. The predicted molar refractivity (Wildman–Crippen MR) is 99.0 cm³/mol. The van der Waals surface area contributed by atoms with Gasteiger partial charge >= 0.3 is 0 Å².